The van der Waals surface area contributed by atoms with Crippen molar-refractivity contribution in [3.63, 3.8) is 0 Å². The highest BCUT2D eigenvalue weighted by Crippen LogP contribution is 2.36. The number of non-ortho nitro benzene ring substituents is 1. The molecule has 1 fully saturated rings. The van der Waals surface area contributed by atoms with E-state index >= 15 is 0 Å². The summed E-state index contributed by atoms with van der Waals surface area (Å²) in [4.78, 5) is 54.6. The third-order valence-electron chi connectivity index (χ3n) is 10.6. The van der Waals surface area contributed by atoms with Gasteiger partial charge in [0.1, 0.15) is 16.9 Å². The Morgan fingerprint density at radius 3 is 2.32 bits per heavy atom. The van der Waals surface area contributed by atoms with Gasteiger partial charge in [0.05, 0.1) is 23.5 Å². The third-order valence-corrected chi connectivity index (χ3v) is 10.6. The maximum absolute atomic E-state index is 13.0. The molecule has 15 nitrogen and oxygen atoms in total. The zero-order valence-corrected chi connectivity index (χ0v) is 33.6. The quantitative estimate of drug-likeness (QED) is 0.0593. The number of benzene rings is 3. The summed E-state index contributed by atoms with van der Waals surface area (Å²) in [6, 6.07) is 15.9. The normalized spacial score (nSPS) is 15.2. The van der Waals surface area contributed by atoms with E-state index in [0.717, 1.165) is 85.1 Å². The van der Waals surface area contributed by atoms with Crippen LogP contribution in [0.5, 0.6) is 5.75 Å². The fraction of sp³-hybridized carbons (Fsp3) is 0.500. The van der Waals surface area contributed by atoms with Crippen molar-refractivity contribution < 1.29 is 33.5 Å². The molecule has 2 aliphatic rings. The van der Waals surface area contributed by atoms with Crippen LogP contribution in [0.2, 0.25) is 0 Å². The molecule has 0 spiro atoms. The van der Waals surface area contributed by atoms with E-state index in [1.807, 2.05) is 45.4 Å². The Labute approximate surface area is 333 Å². The number of hydrogen-bond donors (Lipinski definition) is 0. The number of aryl methyl sites for hydroxylation is 2. The minimum Gasteiger partial charge on any atom is -0.466 e. The summed E-state index contributed by atoms with van der Waals surface area (Å²) < 4.78 is 18.4. The molecule has 2 amide bonds. The fourth-order valence-corrected chi connectivity index (χ4v) is 7.52. The van der Waals surface area contributed by atoms with Crippen LogP contribution in [-0.4, -0.2) is 104 Å². The van der Waals surface area contributed by atoms with Gasteiger partial charge in [-0.05, 0) is 106 Å². The number of esters is 1. The van der Waals surface area contributed by atoms with Crippen LogP contribution >= 0.6 is 0 Å². The van der Waals surface area contributed by atoms with Gasteiger partial charge < -0.3 is 24.0 Å². The molecular formula is C42H53N7O8. The standard InChI is InChI=1S/C42H53N7O8/c1-6-55-38(50)27-36(31-11-10-30-18-21-47(28-32(30)26-31)41(52)57-42(3,4)5)35-16-17-37-39(29(35)2)43-44-48(37)20-9-7-8-19-45-22-24-46(25-23-45)40(51)56-34-14-12-33(13-15-34)49(53)54/h10-17,26,36H,6-9,18-25,27-28H2,1-5H3. The zero-order valence-electron chi connectivity index (χ0n) is 33.6. The Morgan fingerprint density at radius 2 is 1.61 bits per heavy atom. The van der Waals surface area contributed by atoms with E-state index in [0.29, 0.717) is 32.8 Å². The minimum absolute atomic E-state index is 0.0562. The highest BCUT2D eigenvalue weighted by Gasteiger charge is 2.29. The molecule has 0 N–H and O–H groups in total. The van der Waals surface area contributed by atoms with E-state index in [2.05, 4.69) is 39.5 Å². The average Bonchev–Trinajstić information content (AvgIpc) is 3.60. The summed E-state index contributed by atoms with van der Waals surface area (Å²) in [5.41, 5.74) is 6.29. The number of hydrogen-bond acceptors (Lipinski definition) is 11. The Hall–Kier alpha value is -5.57. The van der Waals surface area contributed by atoms with Crippen molar-refractivity contribution in [3.05, 3.63) is 92.5 Å². The number of piperazine rings is 1. The lowest BCUT2D eigenvalue weighted by Gasteiger charge is -2.34. The Kier molecular flexibility index (Phi) is 13.1. The average molecular weight is 784 g/mol. The second kappa shape index (κ2) is 18.1. The maximum Gasteiger partial charge on any atom is 0.415 e. The van der Waals surface area contributed by atoms with Crippen LogP contribution in [0.15, 0.2) is 54.6 Å². The van der Waals surface area contributed by atoms with Crippen molar-refractivity contribution in [1.29, 1.82) is 0 Å². The number of ether oxygens (including phenoxy) is 3. The number of nitro benzene ring substituents is 1. The largest absolute Gasteiger partial charge is 0.466 e. The number of unbranched alkanes of at least 4 members (excludes halogenated alkanes) is 2. The second-order valence-electron chi connectivity index (χ2n) is 15.7. The summed E-state index contributed by atoms with van der Waals surface area (Å²) in [6.07, 6.45) is 3.07. The lowest BCUT2D eigenvalue weighted by Crippen LogP contribution is -2.49. The van der Waals surface area contributed by atoms with Crippen LogP contribution in [0.4, 0.5) is 15.3 Å². The molecule has 57 heavy (non-hydrogen) atoms. The molecular weight excluding hydrogens is 731 g/mol. The topological polar surface area (TPSA) is 162 Å². The second-order valence-corrected chi connectivity index (χ2v) is 15.7. The van der Waals surface area contributed by atoms with Crippen molar-refractivity contribution in [1.82, 2.24) is 29.7 Å². The van der Waals surface area contributed by atoms with Crippen LogP contribution in [0.3, 0.4) is 0 Å². The van der Waals surface area contributed by atoms with Gasteiger partial charge >= 0.3 is 18.2 Å². The van der Waals surface area contributed by atoms with Gasteiger partial charge in [-0.25, -0.2) is 14.3 Å². The van der Waals surface area contributed by atoms with Crippen molar-refractivity contribution in [2.24, 2.45) is 0 Å². The number of nitrogens with zero attached hydrogens (tertiary/aromatic N) is 7. The molecule has 1 saturated heterocycles. The maximum atomic E-state index is 13.0. The van der Waals surface area contributed by atoms with Crippen molar-refractivity contribution in [2.75, 3.05) is 45.9 Å². The van der Waals surface area contributed by atoms with Crippen molar-refractivity contribution in [3.8, 4) is 5.75 Å². The summed E-state index contributed by atoms with van der Waals surface area (Å²) in [5, 5.41) is 20.0. The molecule has 304 valence electrons. The first-order valence-corrected chi connectivity index (χ1v) is 19.8. The number of amides is 2. The molecule has 0 radical (unpaired) electrons. The number of nitro groups is 1. The molecule has 4 aromatic rings. The Morgan fingerprint density at radius 1 is 0.877 bits per heavy atom. The summed E-state index contributed by atoms with van der Waals surface area (Å²) in [6.45, 7) is 15.0. The zero-order chi connectivity index (χ0) is 40.7. The highest BCUT2D eigenvalue weighted by molar-refractivity contribution is 5.81. The molecule has 6 rings (SSSR count). The van der Waals surface area contributed by atoms with Gasteiger partial charge in [0, 0.05) is 63.9 Å². The van der Waals surface area contributed by atoms with Crippen LogP contribution in [0, 0.1) is 17.0 Å². The predicted octanol–water partition coefficient (Wildman–Crippen LogP) is 7.01. The van der Waals surface area contributed by atoms with E-state index in [-0.39, 0.29) is 35.8 Å². The van der Waals surface area contributed by atoms with Crippen LogP contribution in [0.1, 0.15) is 87.1 Å². The minimum atomic E-state index is -0.579. The Bertz CT molecular complexity index is 2070. The predicted molar refractivity (Wildman–Crippen MR) is 213 cm³/mol. The summed E-state index contributed by atoms with van der Waals surface area (Å²) in [5.74, 6) is -0.269. The summed E-state index contributed by atoms with van der Waals surface area (Å²) in [7, 11) is 0. The van der Waals surface area contributed by atoms with Gasteiger partial charge in [-0.15, -0.1) is 5.10 Å². The molecule has 1 aromatic heterocycles. The van der Waals surface area contributed by atoms with Crippen LogP contribution < -0.4 is 4.74 Å². The molecule has 0 saturated carbocycles. The first-order chi connectivity index (χ1) is 27.3. The molecule has 0 bridgehead atoms. The molecule has 2 aliphatic heterocycles. The monoisotopic (exact) mass is 783 g/mol. The first kappa shape index (κ1) is 41.1. The van der Waals surface area contributed by atoms with Gasteiger partial charge in [0.2, 0.25) is 0 Å². The smallest absolute Gasteiger partial charge is 0.415 e. The van der Waals surface area contributed by atoms with Gasteiger partial charge in [-0.1, -0.05) is 35.9 Å². The molecule has 1 unspecified atom stereocenters. The van der Waals surface area contributed by atoms with Gasteiger partial charge in [-0.3, -0.25) is 19.8 Å². The van der Waals surface area contributed by atoms with Gasteiger partial charge in [0.25, 0.3) is 5.69 Å². The van der Waals surface area contributed by atoms with Crippen molar-refractivity contribution in [2.45, 2.75) is 91.3 Å². The molecule has 1 atom stereocenters. The lowest BCUT2D eigenvalue weighted by atomic mass is 9.83. The van der Waals surface area contributed by atoms with Gasteiger partial charge in [0.15, 0.2) is 0 Å². The molecule has 3 heterocycles. The van der Waals surface area contributed by atoms with Crippen molar-refractivity contribution >= 4 is 34.9 Å². The molecule has 3 aromatic carbocycles. The lowest BCUT2D eigenvalue weighted by molar-refractivity contribution is -0.384. The molecule has 0 aliphatic carbocycles. The van der Waals surface area contributed by atoms with Gasteiger partial charge in [-0.2, -0.15) is 0 Å². The van der Waals surface area contributed by atoms with E-state index in [9.17, 15) is 24.5 Å². The SMILES string of the molecule is CCOC(=O)CC(c1ccc2c(c1)CN(C(=O)OC(C)(C)C)CC2)c1ccc2c(nnn2CCCCCN2CCN(C(=O)Oc3ccc([N+](=O)[O-])cc3)CC2)c1C. The number of carbonyl (C=O) groups is 3. The van der Waals surface area contributed by atoms with Crippen LogP contribution in [0.25, 0.3) is 11.0 Å². The highest BCUT2D eigenvalue weighted by atomic mass is 16.6. The van der Waals surface area contributed by atoms with Crippen LogP contribution in [-0.2, 0) is 33.8 Å². The number of fused-ring (bicyclic) bond motifs is 2. The summed E-state index contributed by atoms with van der Waals surface area (Å²) >= 11 is 0. The number of rotatable bonds is 13. The van der Waals surface area contributed by atoms with E-state index in [1.165, 1.54) is 29.8 Å². The Balaban J connectivity index is 1.03. The number of aromatic nitrogens is 3. The third kappa shape index (κ3) is 10.4. The van der Waals surface area contributed by atoms with E-state index < -0.39 is 16.6 Å². The van der Waals surface area contributed by atoms with E-state index in [4.69, 9.17) is 14.2 Å². The van der Waals surface area contributed by atoms with E-state index in [1.54, 1.807) is 9.80 Å². The number of carbonyl (C=O) groups excluding carboxylic acids is 3. The molecule has 15 heteroatoms. The fourth-order valence-electron chi connectivity index (χ4n) is 7.52. The first-order valence-electron chi connectivity index (χ1n) is 19.8.